The lowest BCUT2D eigenvalue weighted by Crippen LogP contribution is -2.42. The molecule has 2 fully saturated rings. The molecule has 30 heavy (non-hydrogen) atoms. The maximum atomic E-state index is 12.6. The zero-order valence-electron chi connectivity index (χ0n) is 17.3. The van der Waals surface area contributed by atoms with E-state index in [-0.39, 0.29) is 24.3 Å². The highest BCUT2D eigenvalue weighted by Gasteiger charge is 2.31. The van der Waals surface area contributed by atoms with Crippen molar-refractivity contribution in [2.24, 2.45) is 5.92 Å². The van der Waals surface area contributed by atoms with Crippen LogP contribution in [-0.4, -0.2) is 46.2 Å². The maximum absolute atomic E-state index is 12.6. The Bertz CT molecular complexity index is 837. The van der Waals surface area contributed by atoms with Gasteiger partial charge >= 0.3 is 0 Å². The summed E-state index contributed by atoms with van der Waals surface area (Å²) in [5, 5.41) is 7.39. The van der Waals surface area contributed by atoms with Crippen molar-refractivity contribution in [3.05, 3.63) is 42.6 Å². The minimum Gasteiger partial charge on any atom is -0.493 e. The Morgan fingerprint density at radius 1 is 1.03 bits per heavy atom. The highest BCUT2D eigenvalue weighted by molar-refractivity contribution is 5.89. The number of hydrogen-bond donors (Lipinski definition) is 1. The second kappa shape index (κ2) is 9.78. The number of para-hydroxylation sites is 1. The van der Waals surface area contributed by atoms with Gasteiger partial charge in [0.05, 0.1) is 25.3 Å². The molecule has 4 rings (SSSR count). The van der Waals surface area contributed by atoms with Gasteiger partial charge in [-0.2, -0.15) is 5.10 Å². The number of nitrogens with one attached hydrogen (secondary N) is 1. The summed E-state index contributed by atoms with van der Waals surface area (Å²) < 4.78 is 7.49. The Hall–Kier alpha value is -2.83. The second-order valence-electron chi connectivity index (χ2n) is 8.16. The average Bonchev–Trinajstić information content (AvgIpc) is 3.47. The van der Waals surface area contributed by atoms with Gasteiger partial charge in [0.15, 0.2) is 0 Å². The van der Waals surface area contributed by atoms with E-state index in [1.165, 1.54) is 12.8 Å². The predicted molar refractivity (Wildman–Crippen MR) is 114 cm³/mol. The van der Waals surface area contributed by atoms with E-state index in [0.29, 0.717) is 18.3 Å². The lowest BCUT2D eigenvalue weighted by Gasteiger charge is -2.34. The molecule has 160 valence electrons. The van der Waals surface area contributed by atoms with Crippen LogP contribution >= 0.6 is 0 Å². The van der Waals surface area contributed by atoms with E-state index >= 15 is 0 Å². The van der Waals surface area contributed by atoms with Gasteiger partial charge in [0.1, 0.15) is 11.6 Å². The summed E-state index contributed by atoms with van der Waals surface area (Å²) in [5.74, 6) is 1.94. The Labute approximate surface area is 177 Å². The molecule has 0 radical (unpaired) electrons. The van der Waals surface area contributed by atoms with Crippen LogP contribution in [0.25, 0.3) is 0 Å². The molecule has 1 aliphatic carbocycles. The molecular weight excluding hydrogens is 380 g/mol. The number of nitrogens with zero attached hydrogens (tertiary/aromatic N) is 3. The number of aromatic nitrogens is 2. The summed E-state index contributed by atoms with van der Waals surface area (Å²) in [6.45, 7) is 1.85. The van der Waals surface area contributed by atoms with Gasteiger partial charge in [0, 0.05) is 25.1 Å². The summed E-state index contributed by atoms with van der Waals surface area (Å²) >= 11 is 0. The standard InChI is InChI=1S/C23H30N4O3/c28-22(13-17-30-20-8-2-1-3-9-20)25-21-10-14-24-27(21)19-11-15-26(16-12-19)23(29)18-6-4-5-7-18/h1-3,8-10,14,18-19H,4-7,11-13,15-17H2,(H,25,28). The average molecular weight is 411 g/mol. The molecule has 1 aromatic heterocycles. The number of benzene rings is 1. The fourth-order valence-electron chi connectivity index (χ4n) is 4.45. The summed E-state index contributed by atoms with van der Waals surface area (Å²) in [6, 6.07) is 11.5. The van der Waals surface area contributed by atoms with Crippen LogP contribution in [0.3, 0.4) is 0 Å². The second-order valence-corrected chi connectivity index (χ2v) is 8.16. The van der Waals surface area contributed by atoms with Crippen LogP contribution in [0, 0.1) is 5.92 Å². The first-order valence-corrected chi connectivity index (χ1v) is 11.0. The van der Waals surface area contributed by atoms with E-state index in [4.69, 9.17) is 4.74 Å². The van der Waals surface area contributed by atoms with E-state index in [0.717, 1.165) is 44.5 Å². The molecule has 1 aromatic carbocycles. The number of amides is 2. The highest BCUT2D eigenvalue weighted by atomic mass is 16.5. The maximum Gasteiger partial charge on any atom is 0.228 e. The van der Waals surface area contributed by atoms with Crippen LogP contribution in [0.4, 0.5) is 5.82 Å². The molecule has 2 amide bonds. The van der Waals surface area contributed by atoms with E-state index in [1.807, 2.05) is 46.0 Å². The van der Waals surface area contributed by atoms with Crippen molar-refractivity contribution < 1.29 is 14.3 Å². The van der Waals surface area contributed by atoms with Crippen molar-refractivity contribution in [1.29, 1.82) is 0 Å². The third-order valence-corrected chi connectivity index (χ3v) is 6.11. The van der Waals surface area contributed by atoms with Gasteiger partial charge in [-0.05, 0) is 37.8 Å². The molecule has 0 bridgehead atoms. The summed E-state index contributed by atoms with van der Waals surface area (Å²) in [4.78, 5) is 27.0. The molecule has 1 saturated carbocycles. The number of hydrogen-bond acceptors (Lipinski definition) is 4. The number of anilines is 1. The third-order valence-electron chi connectivity index (χ3n) is 6.11. The fourth-order valence-corrected chi connectivity index (χ4v) is 4.45. The van der Waals surface area contributed by atoms with Crippen molar-refractivity contribution in [1.82, 2.24) is 14.7 Å². The SMILES string of the molecule is O=C(CCOc1ccccc1)Nc1ccnn1C1CCN(C(=O)C2CCCC2)CC1. The van der Waals surface area contributed by atoms with Gasteiger partial charge in [-0.3, -0.25) is 9.59 Å². The van der Waals surface area contributed by atoms with Crippen LogP contribution in [0.2, 0.25) is 0 Å². The minimum absolute atomic E-state index is 0.0958. The molecule has 2 aromatic rings. The molecule has 2 heterocycles. The predicted octanol–water partition coefficient (Wildman–Crippen LogP) is 3.64. The van der Waals surface area contributed by atoms with E-state index in [2.05, 4.69) is 10.4 Å². The number of rotatable bonds is 7. The molecule has 0 spiro atoms. The molecular formula is C23H30N4O3. The van der Waals surface area contributed by atoms with Crippen molar-refractivity contribution in [2.75, 3.05) is 25.0 Å². The first-order chi connectivity index (χ1) is 14.7. The molecule has 1 N–H and O–H groups in total. The quantitative estimate of drug-likeness (QED) is 0.756. The summed E-state index contributed by atoms with van der Waals surface area (Å²) in [5.41, 5.74) is 0. The van der Waals surface area contributed by atoms with Crippen LogP contribution in [-0.2, 0) is 9.59 Å². The molecule has 2 aliphatic rings. The summed E-state index contributed by atoms with van der Waals surface area (Å²) in [6.07, 6.45) is 8.16. The first-order valence-electron chi connectivity index (χ1n) is 11.0. The number of likely N-dealkylation sites (tertiary alicyclic amines) is 1. The Kier molecular flexibility index (Phi) is 6.67. The number of carbonyl (C=O) groups is 2. The van der Waals surface area contributed by atoms with Gasteiger partial charge in [0.2, 0.25) is 11.8 Å². The molecule has 1 aliphatic heterocycles. The summed E-state index contributed by atoms with van der Waals surface area (Å²) in [7, 11) is 0. The minimum atomic E-state index is -0.0958. The fraction of sp³-hybridized carbons (Fsp3) is 0.522. The van der Waals surface area contributed by atoms with Gasteiger partial charge < -0.3 is 15.0 Å². The molecule has 0 unspecified atom stereocenters. The zero-order chi connectivity index (χ0) is 20.8. The number of ether oxygens (including phenoxy) is 1. The normalized spacial score (nSPS) is 17.8. The van der Waals surface area contributed by atoms with Crippen molar-refractivity contribution in [2.45, 2.75) is 51.0 Å². The molecule has 0 atom stereocenters. The third kappa shape index (κ3) is 5.01. The van der Waals surface area contributed by atoms with Gasteiger partial charge in [-0.1, -0.05) is 31.0 Å². The largest absolute Gasteiger partial charge is 0.493 e. The lowest BCUT2D eigenvalue weighted by molar-refractivity contribution is -0.136. The van der Waals surface area contributed by atoms with Crippen LogP contribution in [0.15, 0.2) is 42.6 Å². The molecule has 7 nitrogen and oxygen atoms in total. The smallest absolute Gasteiger partial charge is 0.228 e. The molecule has 1 saturated heterocycles. The van der Waals surface area contributed by atoms with Crippen LogP contribution in [0.1, 0.15) is 51.0 Å². The number of piperidine rings is 1. The van der Waals surface area contributed by atoms with Gasteiger partial charge in [-0.15, -0.1) is 0 Å². The molecule has 7 heteroatoms. The highest BCUT2D eigenvalue weighted by Crippen LogP contribution is 2.30. The van der Waals surface area contributed by atoms with E-state index in [1.54, 1.807) is 6.20 Å². The first kappa shape index (κ1) is 20.4. The van der Waals surface area contributed by atoms with Gasteiger partial charge in [0.25, 0.3) is 0 Å². The van der Waals surface area contributed by atoms with Gasteiger partial charge in [-0.25, -0.2) is 4.68 Å². The Morgan fingerprint density at radius 2 is 1.77 bits per heavy atom. The monoisotopic (exact) mass is 410 g/mol. The van der Waals surface area contributed by atoms with Crippen LogP contribution < -0.4 is 10.1 Å². The topological polar surface area (TPSA) is 76.5 Å². The van der Waals surface area contributed by atoms with Crippen molar-refractivity contribution >= 4 is 17.6 Å². The lowest BCUT2D eigenvalue weighted by atomic mass is 10.0. The van der Waals surface area contributed by atoms with Crippen LogP contribution in [0.5, 0.6) is 5.75 Å². The Morgan fingerprint density at radius 3 is 2.50 bits per heavy atom. The van der Waals surface area contributed by atoms with E-state index < -0.39 is 0 Å². The number of carbonyl (C=O) groups excluding carboxylic acids is 2. The zero-order valence-corrected chi connectivity index (χ0v) is 17.3. The van der Waals surface area contributed by atoms with Crippen molar-refractivity contribution in [3.63, 3.8) is 0 Å². The Balaban J connectivity index is 1.25. The van der Waals surface area contributed by atoms with Crippen molar-refractivity contribution in [3.8, 4) is 5.75 Å². The van der Waals surface area contributed by atoms with E-state index in [9.17, 15) is 9.59 Å².